The fourth-order valence-corrected chi connectivity index (χ4v) is 8.65. The summed E-state index contributed by atoms with van der Waals surface area (Å²) in [6.45, 7) is 4.80. The number of methoxy groups -OCH3 is 1. The minimum Gasteiger partial charge on any atom is -0.507 e. The summed E-state index contributed by atoms with van der Waals surface area (Å²) in [7, 11) is 1.33. The number of aliphatic hydroxyl groups is 2. The Balaban J connectivity index is 1.19. The third kappa shape index (κ3) is 6.44. The number of Topliss-reactive ketones (excluding diaryl/α,β-unsaturated/α-hetero) is 1. The van der Waals surface area contributed by atoms with Crippen molar-refractivity contribution in [2.75, 3.05) is 13.7 Å². The molecule has 0 saturated carbocycles. The third-order valence-corrected chi connectivity index (χ3v) is 11.5. The molecule has 2 aliphatic heterocycles. The van der Waals surface area contributed by atoms with E-state index in [0.717, 1.165) is 0 Å². The molecule has 2 saturated heterocycles. The molecule has 2 aromatic carbocycles. The van der Waals surface area contributed by atoms with E-state index in [1.165, 1.54) is 56.8 Å². The molecule has 2 fully saturated rings. The minimum absolute atomic E-state index is 0.0434. The van der Waals surface area contributed by atoms with E-state index in [2.05, 4.69) is 10.3 Å². The first kappa shape index (κ1) is 38.1. The van der Waals surface area contributed by atoms with Crippen molar-refractivity contribution in [3.05, 3.63) is 81.7 Å². The van der Waals surface area contributed by atoms with E-state index in [1.54, 1.807) is 18.7 Å². The highest BCUT2D eigenvalue weighted by Gasteiger charge is 2.51. The number of ether oxygens (including phenoxy) is 3. The number of rotatable bonds is 8. The van der Waals surface area contributed by atoms with E-state index in [-0.39, 0.29) is 40.3 Å². The Morgan fingerprint density at radius 1 is 1.05 bits per heavy atom. The van der Waals surface area contributed by atoms with Crippen molar-refractivity contribution < 1.29 is 58.6 Å². The number of likely N-dealkylation sites (tertiary alicyclic amines) is 1. The van der Waals surface area contributed by atoms with Crippen LogP contribution in [0.15, 0.2) is 42.7 Å². The maximum absolute atomic E-state index is 14.0. The lowest BCUT2D eigenvalue weighted by Crippen LogP contribution is -2.56. The van der Waals surface area contributed by atoms with Crippen LogP contribution in [0.3, 0.4) is 0 Å². The highest BCUT2D eigenvalue weighted by Crippen LogP contribution is 2.53. The van der Waals surface area contributed by atoms with Crippen LogP contribution in [0.5, 0.6) is 17.2 Å². The van der Waals surface area contributed by atoms with Gasteiger partial charge < -0.3 is 44.9 Å². The summed E-state index contributed by atoms with van der Waals surface area (Å²) >= 11 is 0. The van der Waals surface area contributed by atoms with Gasteiger partial charge in [-0.25, -0.2) is 0 Å². The fraction of sp³-hybridized carbons (Fsp3) is 0.450. The maximum Gasteiger partial charge on any atom is 0.252 e. The molecule has 4 aliphatic rings. The van der Waals surface area contributed by atoms with Gasteiger partial charge in [0.25, 0.3) is 5.91 Å². The van der Waals surface area contributed by atoms with Crippen LogP contribution in [-0.2, 0) is 25.5 Å². The molecule has 7 rings (SSSR count). The zero-order valence-corrected chi connectivity index (χ0v) is 30.8. The van der Waals surface area contributed by atoms with Gasteiger partial charge in [-0.15, -0.1) is 0 Å². The van der Waals surface area contributed by atoms with Crippen LogP contribution in [0.2, 0.25) is 0 Å². The molecular weight excluding hydrogens is 714 g/mol. The molecular formula is C40H43N3O12. The smallest absolute Gasteiger partial charge is 0.252 e. The second-order valence-electron chi connectivity index (χ2n) is 14.8. The average molecular weight is 758 g/mol. The lowest BCUT2D eigenvalue weighted by molar-refractivity contribution is -0.261. The predicted octanol–water partition coefficient (Wildman–Crippen LogP) is 2.52. The van der Waals surface area contributed by atoms with Gasteiger partial charge in [0.05, 0.1) is 42.1 Å². The molecule has 2 aliphatic carbocycles. The molecule has 55 heavy (non-hydrogen) atoms. The van der Waals surface area contributed by atoms with E-state index in [1.807, 2.05) is 0 Å². The molecule has 1 unspecified atom stereocenters. The Bertz CT molecular complexity index is 2090. The molecule has 15 heteroatoms. The number of pyridine rings is 1. The Morgan fingerprint density at radius 3 is 2.45 bits per heavy atom. The molecule has 3 heterocycles. The summed E-state index contributed by atoms with van der Waals surface area (Å²) in [6.07, 6.45) is -0.978. The highest BCUT2D eigenvalue weighted by atomic mass is 16.7. The normalized spacial score (nSPS) is 27.8. The number of carbonyl (C=O) groups excluding carboxylic acids is 5. The van der Waals surface area contributed by atoms with E-state index in [4.69, 9.17) is 14.2 Å². The number of aromatic hydroxyl groups is 2. The Morgan fingerprint density at radius 2 is 1.76 bits per heavy atom. The number of carbonyl (C=O) groups is 5. The van der Waals surface area contributed by atoms with Gasteiger partial charge in [-0.2, -0.15) is 0 Å². The number of ketones is 3. The largest absolute Gasteiger partial charge is 0.507 e. The van der Waals surface area contributed by atoms with E-state index in [0.29, 0.717) is 24.9 Å². The summed E-state index contributed by atoms with van der Waals surface area (Å²) < 4.78 is 17.9. The molecule has 3 aromatic rings. The second-order valence-corrected chi connectivity index (χ2v) is 14.8. The van der Waals surface area contributed by atoms with Crippen LogP contribution in [0.1, 0.15) is 106 Å². The summed E-state index contributed by atoms with van der Waals surface area (Å²) in [6, 6.07) is 6.14. The monoisotopic (exact) mass is 757 g/mol. The van der Waals surface area contributed by atoms with Gasteiger partial charge in [0, 0.05) is 72.4 Å². The van der Waals surface area contributed by atoms with Gasteiger partial charge in [-0.05, 0) is 51.8 Å². The van der Waals surface area contributed by atoms with Crippen LogP contribution < -0.4 is 10.1 Å². The number of nitrogens with one attached hydrogen (secondary N) is 1. The fourth-order valence-electron chi connectivity index (χ4n) is 8.65. The van der Waals surface area contributed by atoms with Crippen molar-refractivity contribution in [2.45, 2.75) is 95.2 Å². The van der Waals surface area contributed by atoms with Gasteiger partial charge in [0.15, 0.2) is 17.9 Å². The van der Waals surface area contributed by atoms with Crippen LogP contribution in [-0.4, -0.2) is 109 Å². The van der Waals surface area contributed by atoms with Crippen LogP contribution in [0, 0.1) is 5.92 Å². The molecule has 8 atom stereocenters. The Hall–Kier alpha value is -5.22. The quantitative estimate of drug-likeness (QED) is 0.163. The number of phenolic OH excluding ortho intramolecular Hbond substituents is 2. The van der Waals surface area contributed by atoms with Gasteiger partial charge in [-0.3, -0.25) is 29.0 Å². The molecule has 0 bridgehead atoms. The predicted molar refractivity (Wildman–Crippen MR) is 192 cm³/mol. The first-order valence-corrected chi connectivity index (χ1v) is 18.3. The molecule has 0 spiro atoms. The van der Waals surface area contributed by atoms with Crippen molar-refractivity contribution in [1.82, 2.24) is 15.2 Å². The zero-order valence-electron chi connectivity index (χ0n) is 30.8. The Labute approximate surface area is 316 Å². The van der Waals surface area contributed by atoms with Crippen molar-refractivity contribution in [3.8, 4) is 17.2 Å². The van der Waals surface area contributed by atoms with Crippen molar-refractivity contribution in [2.24, 2.45) is 5.92 Å². The summed E-state index contributed by atoms with van der Waals surface area (Å²) in [5.41, 5.74) is -3.02. The molecule has 15 nitrogen and oxygen atoms in total. The number of hydrogen-bond donors (Lipinski definition) is 5. The first-order valence-electron chi connectivity index (χ1n) is 18.3. The van der Waals surface area contributed by atoms with E-state index >= 15 is 0 Å². The topological polar surface area (TPSA) is 222 Å². The average Bonchev–Trinajstić information content (AvgIpc) is 3.65. The molecule has 290 valence electrons. The number of benzene rings is 2. The summed E-state index contributed by atoms with van der Waals surface area (Å²) in [5.74, 6) is -4.74. The standard InChI is InChI=1S/C40H43N3O12/c1-18(42-38(50)21-10-12-41-13-11-21)39(51)43-14-6-8-25(43)23-15-28(54-19(2)33(23)45)55-27-17-40(52,20(3)44)16-24-30(27)37(49)32-31(35(24)47)34(46)22-7-5-9-26(53-4)29(22)36(32)48/h5,7,9-13,18-19,23,25,27-28,33,45,47,49,52H,6,8,14-17H2,1-4H3,(H,42,50)/t18?,19-,23-,25+,27-,28-,33+,40-/m0/s1. The number of phenols is 2. The van der Waals surface area contributed by atoms with Gasteiger partial charge in [0.1, 0.15) is 28.9 Å². The van der Waals surface area contributed by atoms with Gasteiger partial charge >= 0.3 is 0 Å². The third-order valence-electron chi connectivity index (χ3n) is 11.5. The van der Waals surface area contributed by atoms with E-state index in [9.17, 15) is 44.4 Å². The molecule has 2 amide bonds. The van der Waals surface area contributed by atoms with Crippen molar-refractivity contribution in [1.29, 1.82) is 0 Å². The van der Waals surface area contributed by atoms with Gasteiger partial charge in [0.2, 0.25) is 11.7 Å². The molecule has 1 aromatic heterocycles. The number of nitrogens with zero attached hydrogens (tertiary/aromatic N) is 2. The first-order chi connectivity index (χ1) is 26.2. The minimum atomic E-state index is -2.09. The van der Waals surface area contributed by atoms with Crippen molar-refractivity contribution in [3.63, 3.8) is 0 Å². The number of fused-ring (bicyclic) bond motifs is 3. The van der Waals surface area contributed by atoms with E-state index < -0.39 is 107 Å². The lowest BCUT2D eigenvalue weighted by atomic mass is 9.72. The second kappa shape index (κ2) is 14.5. The maximum atomic E-state index is 14.0. The molecule has 5 N–H and O–H groups in total. The number of aliphatic hydroxyl groups excluding tert-OH is 1. The van der Waals surface area contributed by atoms with Gasteiger partial charge in [-0.1, -0.05) is 12.1 Å². The lowest BCUT2D eigenvalue weighted by Gasteiger charge is -2.45. The highest BCUT2D eigenvalue weighted by molar-refractivity contribution is 6.31. The van der Waals surface area contributed by atoms with Crippen LogP contribution >= 0.6 is 0 Å². The summed E-state index contributed by atoms with van der Waals surface area (Å²) in [5, 5.41) is 49.3. The zero-order chi connectivity index (χ0) is 39.5. The Kier molecular flexibility index (Phi) is 10.0. The van der Waals surface area contributed by atoms with Crippen LogP contribution in [0.25, 0.3) is 0 Å². The number of amides is 2. The van der Waals surface area contributed by atoms with Crippen molar-refractivity contribution >= 4 is 29.2 Å². The molecule has 0 radical (unpaired) electrons. The SMILES string of the molecule is COc1cccc2c1C(=O)c1c(O)c3c(c(O)c1C2=O)C[C@@](O)(C(C)=O)C[C@@H]3O[C@H]1C[C@@H]([C@H]2CCCN2C(=O)C(C)NC(=O)c2ccncc2)[C@H](O)[C@H](C)O1. The number of aromatic nitrogens is 1. The van der Waals surface area contributed by atoms with Crippen LogP contribution in [0.4, 0.5) is 0 Å². The number of hydrogen-bond acceptors (Lipinski definition) is 13. The summed E-state index contributed by atoms with van der Waals surface area (Å²) in [4.78, 5) is 72.8.